The van der Waals surface area contributed by atoms with E-state index in [0.29, 0.717) is 11.4 Å². The minimum absolute atomic E-state index is 0.0256. The molecular formula is C18H19NO3. The van der Waals surface area contributed by atoms with Gasteiger partial charge in [-0.3, -0.25) is 4.79 Å². The molecular weight excluding hydrogens is 278 g/mol. The maximum absolute atomic E-state index is 11.9. The highest BCUT2D eigenvalue weighted by atomic mass is 16.5. The largest absolute Gasteiger partial charge is 0.491 e. The number of carbonyl (C=O) groups is 1. The first-order valence-electron chi connectivity index (χ1n) is 7.07. The Hall–Kier alpha value is -2.59. The summed E-state index contributed by atoms with van der Waals surface area (Å²) in [6, 6.07) is 14.9. The zero-order valence-corrected chi connectivity index (χ0v) is 12.5. The Morgan fingerprint density at radius 1 is 1.23 bits per heavy atom. The van der Waals surface area contributed by atoms with Crippen LogP contribution in [-0.2, 0) is 4.79 Å². The molecule has 0 aliphatic heterocycles. The summed E-state index contributed by atoms with van der Waals surface area (Å²) in [5, 5.41) is 11.5. The molecule has 0 fully saturated rings. The molecule has 0 saturated heterocycles. The van der Waals surface area contributed by atoms with E-state index in [1.165, 1.54) is 6.08 Å². The van der Waals surface area contributed by atoms with Crippen molar-refractivity contribution in [1.82, 2.24) is 0 Å². The molecule has 4 nitrogen and oxygen atoms in total. The van der Waals surface area contributed by atoms with Gasteiger partial charge in [-0.2, -0.15) is 0 Å². The molecule has 0 bridgehead atoms. The summed E-state index contributed by atoms with van der Waals surface area (Å²) in [5.41, 5.74) is 2.83. The van der Waals surface area contributed by atoms with E-state index in [0.717, 1.165) is 11.1 Å². The molecule has 0 aliphatic rings. The number of nitrogens with one attached hydrogen (secondary N) is 1. The maximum Gasteiger partial charge on any atom is 0.248 e. The Balaban J connectivity index is 1.91. The summed E-state index contributed by atoms with van der Waals surface area (Å²) in [6.07, 6.45) is 3.28. The van der Waals surface area contributed by atoms with Crippen LogP contribution < -0.4 is 10.1 Å². The second-order valence-corrected chi connectivity index (χ2v) is 4.83. The van der Waals surface area contributed by atoms with E-state index >= 15 is 0 Å². The zero-order valence-electron chi connectivity index (χ0n) is 12.5. The summed E-state index contributed by atoms with van der Waals surface area (Å²) in [6.45, 7) is 2.24. The smallest absolute Gasteiger partial charge is 0.248 e. The number of amides is 1. The van der Waals surface area contributed by atoms with E-state index in [2.05, 4.69) is 5.32 Å². The van der Waals surface area contributed by atoms with Gasteiger partial charge in [-0.1, -0.05) is 29.8 Å². The summed E-state index contributed by atoms with van der Waals surface area (Å²) in [5.74, 6) is 0.466. The summed E-state index contributed by atoms with van der Waals surface area (Å²) in [4.78, 5) is 11.9. The molecule has 0 aliphatic carbocycles. The fraction of sp³-hybridized carbons (Fsp3) is 0.167. The standard InChI is InChI=1S/C18H19NO3/c1-14-3-2-4-15(13-14)5-10-18(21)19-16-6-8-17(9-7-16)22-12-11-20/h2-10,13,20H,11-12H2,1H3,(H,19,21)/b10-5+. The Bertz CT molecular complexity index is 648. The van der Waals surface area contributed by atoms with Crippen LogP contribution >= 0.6 is 0 Å². The average molecular weight is 297 g/mol. The maximum atomic E-state index is 11.9. The normalized spacial score (nSPS) is 10.6. The molecule has 1 amide bonds. The van der Waals surface area contributed by atoms with E-state index in [9.17, 15) is 4.79 Å². The predicted molar refractivity (Wildman–Crippen MR) is 87.9 cm³/mol. The van der Waals surface area contributed by atoms with Crippen LogP contribution in [0.15, 0.2) is 54.6 Å². The number of hydrogen-bond acceptors (Lipinski definition) is 3. The molecule has 2 aromatic carbocycles. The number of carbonyl (C=O) groups excluding carboxylic acids is 1. The minimum Gasteiger partial charge on any atom is -0.491 e. The molecule has 0 aromatic heterocycles. The summed E-state index contributed by atoms with van der Waals surface area (Å²) in [7, 11) is 0. The Labute approximate surface area is 130 Å². The molecule has 0 radical (unpaired) electrons. The molecule has 0 heterocycles. The van der Waals surface area contributed by atoms with Crippen LogP contribution in [0.3, 0.4) is 0 Å². The quantitative estimate of drug-likeness (QED) is 0.806. The number of ether oxygens (including phenoxy) is 1. The number of rotatable bonds is 6. The lowest BCUT2D eigenvalue weighted by Gasteiger charge is -2.06. The van der Waals surface area contributed by atoms with Gasteiger partial charge in [-0.25, -0.2) is 0 Å². The van der Waals surface area contributed by atoms with Crippen molar-refractivity contribution in [3.63, 3.8) is 0 Å². The minimum atomic E-state index is -0.189. The fourth-order valence-electron chi connectivity index (χ4n) is 1.93. The molecule has 2 rings (SSSR count). The molecule has 0 saturated carbocycles. The zero-order chi connectivity index (χ0) is 15.8. The first-order valence-corrected chi connectivity index (χ1v) is 7.07. The lowest BCUT2D eigenvalue weighted by Crippen LogP contribution is -2.07. The summed E-state index contributed by atoms with van der Waals surface area (Å²) < 4.78 is 5.25. The van der Waals surface area contributed by atoms with E-state index in [-0.39, 0.29) is 19.1 Å². The van der Waals surface area contributed by atoms with E-state index in [1.807, 2.05) is 31.2 Å². The van der Waals surface area contributed by atoms with Gasteiger partial charge < -0.3 is 15.2 Å². The SMILES string of the molecule is Cc1cccc(/C=C/C(=O)Nc2ccc(OCCO)cc2)c1. The molecule has 2 N–H and O–H groups in total. The topological polar surface area (TPSA) is 58.6 Å². The highest BCUT2D eigenvalue weighted by molar-refractivity contribution is 6.01. The molecule has 22 heavy (non-hydrogen) atoms. The first kappa shape index (κ1) is 15.8. The third-order valence-electron chi connectivity index (χ3n) is 2.95. The summed E-state index contributed by atoms with van der Waals surface area (Å²) >= 11 is 0. The third-order valence-corrected chi connectivity index (χ3v) is 2.95. The molecule has 0 atom stereocenters. The lowest BCUT2D eigenvalue weighted by atomic mass is 10.1. The molecule has 4 heteroatoms. The second kappa shape index (κ2) is 8.00. The number of anilines is 1. The van der Waals surface area contributed by atoms with Crippen LogP contribution in [0.5, 0.6) is 5.75 Å². The van der Waals surface area contributed by atoms with Gasteiger partial charge >= 0.3 is 0 Å². The van der Waals surface area contributed by atoms with Crippen molar-refractivity contribution in [2.45, 2.75) is 6.92 Å². The highest BCUT2D eigenvalue weighted by Crippen LogP contribution is 2.15. The van der Waals surface area contributed by atoms with Crippen LogP contribution in [-0.4, -0.2) is 24.2 Å². The van der Waals surface area contributed by atoms with E-state index in [4.69, 9.17) is 9.84 Å². The van der Waals surface area contributed by atoms with Crippen molar-refractivity contribution in [1.29, 1.82) is 0 Å². The molecule has 0 spiro atoms. The van der Waals surface area contributed by atoms with Crippen molar-refractivity contribution >= 4 is 17.7 Å². The van der Waals surface area contributed by atoms with Crippen molar-refractivity contribution in [3.8, 4) is 5.75 Å². The monoisotopic (exact) mass is 297 g/mol. The first-order chi connectivity index (χ1) is 10.7. The Kier molecular flexibility index (Phi) is 5.74. The van der Waals surface area contributed by atoms with E-state index in [1.54, 1.807) is 30.3 Å². The number of aliphatic hydroxyl groups is 1. The van der Waals surface area contributed by atoms with Crippen LogP contribution in [0, 0.1) is 6.92 Å². The third kappa shape index (κ3) is 5.07. The van der Waals surface area contributed by atoms with Gasteiger partial charge in [0, 0.05) is 11.8 Å². The number of benzene rings is 2. The number of aryl methyl sites for hydroxylation is 1. The van der Waals surface area contributed by atoms with Crippen molar-refractivity contribution < 1.29 is 14.6 Å². The van der Waals surface area contributed by atoms with Crippen LogP contribution in [0.4, 0.5) is 5.69 Å². The van der Waals surface area contributed by atoms with Gasteiger partial charge in [0.1, 0.15) is 12.4 Å². The Morgan fingerprint density at radius 2 is 2.00 bits per heavy atom. The molecule has 114 valence electrons. The number of hydrogen-bond donors (Lipinski definition) is 2. The van der Waals surface area contributed by atoms with Gasteiger partial charge in [-0.05, 0) is 42.8 Å². The van der Waals surface area contributed by atoms with Crippen molar-refractivity contribution in [3.05, 3.63) is 65.7 Å². The van der Waals surface area contributed by atoms with Crippen molar-refractivity contribution in [2.75, 3.05) is 18.5 Å². The molecule has 2 aromatic rings. The van der Waals surface area contributed by atoms with Crippen LogP contribution in [0.1, 0.15) is 11.1 Å². The van der Waals surface area contributed by atoms with Crippen molar-refractivity contribution in [2.24, 2.45) is 0 Å². The van der Waals surface area contributed by atoms with Crippen LogP contribution in [0.2, 0.25) is 0 Å². The van der Waals surface area contributed by atoms with Gasteiger partial charge in [0.25, 0.3) is 0 Å². The van der Waals surface area contributed by atoms with Crippen LogP contribution in [0.25, 0.3) is 6.08 Å². The van der Waals surface area contributed by atoms with Gasteiger partial charge in [0.2, 0.25) is 5.91 Å². The highest BCUT2D eigenvalue weighted by Gasteiger charge is 1.99. The Morgan fingerprint density at radius 3 is 2.68 bits per heavy atom. The lowest BCUT2D eigenvalue weighted by molar-refractivity contribution is -0.111. The fourth-order valence-corrected chi connectivity index (χ4v) is 1.93. The number of aliphatic hydroxyl groups excluding tert-OH is 1. The predicted octanol–water partition coefficient (Wildman–Crippen LogP) is 3.02. The second-order valence-electron chi connectivity index (χ2n) is 4.83. The van der Waals surface area contributed by atoms with Gasteiger partial charge in [0.15, 0.2) is 0 Å². The van der Waals surface area contributed by atoms with Gasteiger partial charge in [-0.15, -0.1) is 0 Å². The molecule has 0 unspecified atom stereocenters. The average Bonchev–Trinajstić information content (AvgIpc) is 2.52. The van der Waals surface area contributed by atoms with E-state index < -0.39 is 0 Å². The van der Waals surface area contributed by atoms with Gasteiger partial charge in [0.05, 0.1) is 6.61 Å².